The Balaban J connectivity index is 1.46. The van der Waals surface area contributed by atoms with Gasteiger partial charge in [-0.2, -0.15) is 0 Å². The first kappa shape index (κ1) is 32.8. The van der Waals surface area contributed by atoms with Crippen LogP contribution in [0.2, 0.25) is 12.1 Å². The summed E-state index contributed by atoms with van der Waals surface area (Å²) in [5.41, 5.74) is 6.88. The van der Waals surface area contributed by atoms with Gasteiger partial charge in [0, 0.05) is 60.1 Å². The number of fused-ring (bicyclic) bond motifs is 2. The van der Waals surface area contributed by atoms with Gasteiger partial charge in [0.25, 0.3) is 0 Å². The Morgan fingerprint density at radius 2 is 1.07 bits per heavy atom. The van der Waals surface area contributed by atoms with Crippen molar-refractivity contribution in [1.29, 1.82) is 0 Å². The molecule has 0 aliphatic rings. The molecule has 0 atom stereocenters. The normalized spacial score (nSPS) is 12.2. The molecule has 6 nitrogen and oxygen atoms in total. The number of thiazole rings is 2. The molecule has 0 amide bonds. The van der Waals surface area contributed by atoms with E-state index < -0.39 is 0 Å². The molecule has 0 radical (unpaired) electrons. The average molecular weight is 689 g/mol. The molecule has 0 aliphatic heterocycles. The molecule has 0 spiro atoms. The fourth-order valence-electron chi connectivity index (χ4n) is 4.62. The first-order valence-electron chi connectivity index (χ1n) is 13.2. The van der Waals surface area contributed by atoms with Crippen LogP contribution in [-0.4, -0.2) is 58.9 Å². The lowest BCUT2D eigenvalue weighted by Crippen LogP contribution is -2.07. The highest BCUT2D eigenvalue weighted by Gasteiger charge is 2.21. The minimum Gasteiger partial charge on any atom is -0.352 e. The third-order valence-corrected chi connectivity index (χ3v) is 16.6. The summed E-state index contributed by atoms with van der Waals surface area (Å²) >= 11 is 3.50. The summed E-state index contributed by atoms with van der Waals surface area (Å²) in [7, 11) is 16.1. The van der Waals surface area contributed by atoms with Crippen LogP contribution in [0.1, 0.15) is 47.7 Å². The summed E-state index contributed by atoms with van der Waals surface area (Å²) in [6.07, 6.45) is 3.61. The maximum Gasteiger partial charge on any atom is 0.183 e. The van der Waals surface area contributed by atoms with E-state index in [0.29, 0.717) is 0 Å². The van der Waals surface area contributed by atoms with Gasteiger partial charge >= 0.3 is 0 Å². The van der Waals surface area contributed by atoms with Crippen LogP contribution in [0.15, 0.2) is 32.9 Å². The van der Waals surface area contributed by atoms with E-state index in [1.54, 1.807) is 92.4 Å². The van der Waals surface area contributed by atoms with E-state index in [-0.39, 0.29) is 12.6 Å². The van der Waals surface area contributed by atoms with E-state index in [9.17, 15) is 0 Å². The van der Waals surface area contributed by atoms with Crippen molar-refractivity contribution >= 4 is 105 Å². The largest absolute Gasteiger partial charge is 0.352 e. The highest BCUT2D eigenvalue weighted by Crippen LogP contribution is 2.52. The van der Waals surface area contributed by atoms with E-state index >= 15 is 0 Å². The number of aromatic nitrogens is 2. The van der Waals surface area contributed by atoms with Crippen LogP contribution in [-0.2, 0) is 31.8 Å². The Hall–Kier alpha value is -0.106. The van der Waals surface area contributed by atoms with Crippen molar-refractivity contribution in [3.8, 4) is 0 Å². The molecule has 0 N–H and O–H groups in total. The second-order valence-electron chi connectivity index (χ2n) is 9.04. The summed E-state index contributed by atoms with van der Waals surface area (Å²) in [6.45, 7) is 0. The molecule has 0 fully saturated rings. The third kappa shape index (κ3) is 7.88. The second kappa shape index (κ2) is 16.7. The molecule has 40 heavy (non-hydrogen) atoms. The van der Waals surface area contributed by atoms with Crippen LogP contribution in [0.3, 0.4) is 0 Å². The predicted molar refractivity (Wildman–Crippen MR) is 186 cm³/mol. The molecular weight excluding hydrogens is 653 g/mol. The monoisotopic (exact) mass is 688 g/mol. The maximum atomic E-state index is 5.59. The van der Waals surface area contributed by atoms with Gasteiger partial charge in [-0.1, -0.05) is 37.1 Å². The minimum atomic E-state index is -0.364. The van der Waals surface area contributed by atoms with Crippen LogP contribution in [0.5, 0.6) is 0 Å². The lowest BCUT2D eigenvalue weighted by Gasteiger charge is -2.18. The Labute approximate surface area is 265 Å². The summed E-state index contributed by atoms with van der Waals surface area (Å²) in [4.78, 5) is 10.1. The molecule has 4 rings (SSSR count). The fraction of sp³-hybridized carbons (Fsp3) is 0.462. The Morgan fingerprint density at radius 3 is 1.43 bits per heavy atom. The Morgan fingerprint density at radius 1 is 0.675 bits per heavy atom. The van der Waals surface area contributed by atoms with Gasteiger partial charge in [0.1, 0.15) is 0 Å². The number of rotatable bonds is 17. The summed E-state index contributed by atoms with van der Waals surface area (Å²) in [5.74, 6) is 0. The topological polar surface area (TPSA) is 62.7 Å². The van der Waals surface area contributed by atoms with Gasteiger partial charge in [-0.25, -0.2) is 9.97 Å². The molecule has 0 saturated heterocycles. The first-order chi connectivity index (χ1) is 19.6. The number of aryl methyl sites for hydroxylation is 2. The molecule has 0 bridgehead atoms. The molecule has 4 aromatic rings. The molecule has 2 heterocycles. The summed E-state index contributed by atoms with van der Waals surface area (Å²) < 4.78 is 26.9. The molecule has 2 aromatic carbocycles. The number of methoxy groups -OCH3 is 4. The molecular formula is C26H36N2O4S6Si2. The fourth-order valence-corrected chi connectivity index (χ4v) is 13.9. The lowest BCUT2D eigenvalue weighted by molar-refractivity contribution is -0.106. The summed E-state index contributed by atoms with van der Waals surface area (Å²) in [5, 5.41) is 0. The van der Waals surface area contributed by atoms with Crippen LogP contribution in [0, 0.1) is 0 Å². The van der Waals surface area contributed by atoms with E-state index in [4.69, 9.17) is 28.9 Å². The molecule has 0 saturated carbocycles. The Bertz CT molecular complexity index is 1280. The number of hydrogen-bond donors (Lipinski definition) is 0. The smallest absolute Gasteiger partial charge is 0.183 e. The van der Waals surface area contributed by atoms with Gasteiger partial charge in [-0.15, -0.1) is 22.7 Å². The molecule has 0 aliphatic carbocycles. The zero-order chi connectivity index (χ0) is 28.5. The van der Waals surface area contributed by atoms with Crippen LogP contribution < -0.4 is 0 Å². The highest BCUT2D eigenvalue weighted by molar-refractivity contribution is 9.26. The Kier molecular flexibility index (Phi) is 13.7. The van der Waals surface area contributed by atoms with Gasteiger partial charge in [0.05, 0.1) is 20.4 Å². The zero-order valence-corrected chi connectivity index (χ0v) is 32.6. The van der Waals surface area contributed by atoms with Gasteiger partial charge in [0.2, 0.25) is 0 Å². The summed E-state index contributed by atoms with van der Waals surface area (Å²) in [6, 6.07) is 11.1. The van der Waals surface area contributed by atoms with Crippen LogP contribution in [0.25, 0.3) is 20.4 Å². The molecule has 0 unspecified atom stereocenters. The van der Waals surface area contributed by atoms with E-state index in [0.717, 1.165) is 43.7 Å². The van der Waals surface area contributed by atoms with Crippen molar-refractivity contribution in [2.75, 3.05) is 28.4 Å². The standard InChI is InChI=1S/C26H36N2O4S6Si2/c1-29-23(30-2)17-9-11-19-21(15(17)7-5-13-39)27-25(33-19)35-37-38-36-26-28-22-16(8-6-14-40)18(24(31-3)32-4)10-12-20(22)34-26/h9-12,23-24H,5-8,13-14H2,1-4,39-40H3. The van der Waals surface area contributed by atoms with Gasteiger partial charge in [-0.05, 0) is 77.3 Å². The van der Waals surface area contributed by atoms with Crippen molar-refractivity contribution in [1.82, 2.24) is 9.97 Å². The van der Waals surface area contributed by atoms with Crippen molar-refractivity contribution in [2.45, 2.75) is 59.0 Å². The van der Waals surface area contributed by atoms with Crippen molar-refractivity contribution < 1.29 is 18.9 Å². The van der Waals surface area contributed by atoms with Crippen LogP contribution in [0.4, 0.5) is 0 Å². The zero-order valence-electron chi connectivity index (χ0n) is 23.7. The van der Waals surface area contributed by atoms with E-state index in [2.05, 4.69) is 24.3 Å². The molecule has 218 valence electrons. The predicted octanol–water partition coefficient (Wildman–Crippen LogP) is 7.02. The SMILES string of the molecule is COC(OC)c1ccc2sc(SSSSc3nc4c(CCC[SiH3])c(C(OC)OC)ccc4s3)nc2c1CCC[SiH3]. The maximum absolute atomic E-state index is 5.59. The van der Waals surface area contributed by atoms with Crippen molar-refractivity contribution in [2.24, 2.45) is 0 Å². The van der Waals surface area contributed by atoms with E-state index in [1.165, 1.54) is 65.9 Å². The minimum absolute atomic E-state index is 0.364. The van der Waals surface area contributed by atoms with Gasteiger partial charge in [0.15, 0.2) is 21.3 Å². The van der Waals surface area contributed by atoms with Crippen molar-refractivity contribution in [3.05, 3.63) is 46.5 Å². The lowest BCUT2D eigenvalue weighted by atomic mass is 10.0. The highest BCUT2D eigenvalue weighted by atomic mass is 33.7. The molecule has 14 heteroatoms. The number of nitrogens with zero attached hydrogens (tertiary/aromatic N) is 2. The van der Waals surface area contributed by atoms with E-state index in [1.807, 2.05) is 0 Å². The third-order valence-electron chi connectivity index (χ3n) is 6.53. The number of hydrogen-bond acceptors (Lipinski definition) is 12. The quantitative estimate of drug-likeness (QED) is 0.0501. The van der Waals surface area contributed by atoms with Gasteiger partial charge < -0.3 is 18.9 Å². The second-order valence-corrected chi connectivity index (χ2v) is 19.3. The van der Waals surface area contributed by atoms with Crippen LogP contribution >= 0.6 is 63.9 Å². The van der Waals surface area contributed by atoms with Crippen molar-refractivity contribution in [3.63, 3.8) is 0 Å². The number of benzene rings is 2. The first-order valence-corrected chi connectivity index (χ1v) is 22.5. The van der Waals surface area contributed by atoms with Gasteiger partial charge in [-0.3, -0.25) is 0 Å². The average Bonchev–Trinajstić information content (AvgIpc) is 3.59. The molecule has 2 aromatic heterocycles. The number of ether oxygens (including phenoxy) is 4.